The molecular formula is C28H29N5O2. The van der Waals surface area contributed by atoms with E-state index in [2.05, 4.69) is 44.5 Å². The molecule has 1 N–H and O–H groups in total. The summed E-state index contributed by atoms with van der Waals surface area (Å²) < 4.78 is 5.90. The second-order valence-electron chi connectivity index (χ2n) is 9.09. The van der Waals surface area contributed by atoms with E-state index in [-0.39, 0.29) is 11.8 Å². The topological polar surface area (TPSA) is 80.2 Å². The van der Waals surface area contributed by atoms with Crippen LogP contribution < -0.4 is 5.32 Å². The van der Waals surface area contributed by atoms with Gasteiger partial charge in [-0.25, -0.2) is 9.97 Å². The summed E-state index contributed by atoms with van der Waals surface area (Å²) in [4.78, 5) is 28.5. The molecule has 0 spiro atoms. The van der Waals surface area contributed by atoms with Crippen LogP contribution in [0.1, 0.15) is 27.3 Å². The van der Waals surface area contributed by atoms with E-state index in [4.69, 9.17) is 4.74 Å². The summed E-state index contributed by atoms with van der Waals surface area (Å²) in [5, 5.41) is 5.57. The van der Waals surface area contributed by atoms with Crippen molar-refractivity contribution in [3.05, 3.63) is 89.5 Å². The lowest BCUT2D eigenvalue weighted by Gasteiger charge is -2.24. The van der Waals surface area contributed by atoms with Crippen LogP contribution in [0.2, 0.25) is 0 Å². The van der Waals surface area contributed by atoms with Gasteiger partial charge in [-0.1, -0.05) is 24.3 Å². The molecule has 3 heterocycles. The standard InChI is InChI=1S/C28H29N5O2/c1-19-13-20(2)31-28(30-19)32-25-8-4-6-23(15-25)27(34)33-11-12-35-18-21(17-33)14-22-5-3-7-24-16-29-10-9-26(22)24/h3-10,13,15-16,21H,11-12,14,17-18H2,1-2H3,(H,30,31,32). The van der Waals surface area contributed by atoms with Gasteiger partial charge in [0.15, 0.2) is 0 Å². The quantitative estimate of drug-likeness (QED) is 0.458. The number of nitrogens with zero attached hydrogens (tertiary/aromatic N) is 4. The first-order chi connectivity index (χ1) is 17.0. The van der Waals surface area contributed by atoms with E-state index in [1.165, 1.54) is 10.9 Å². The number of carbonyl (C=O) groups excluding carboxylic acids is 1. The second-order valence-corrected chi connectivity index (χ2v) is 9.09. The molecule has 0 aliphatic carbocycles. The highest BCUT2D eigenvalue weighted by atomic mass is 16.5. The van der Waals surface area contributed by atoms with Crippen LogP contribution in [0.3, 0.4) is 0 Å². The first kappa shape index (κ1) is 22.9. The molecule has 5 rings (SSSR count). The second kappa shape index (κ2) is 10.2. The summed E-state index contributed by atoms with van der Waals surface area (Å²) >= 11 is 0. The molecule has 7 nitrogen and oxygen atoms in total. The van der Waals surface area contributed by atoms with Crippen molar-refractivity contribution >= 4 is 28.3 Å². The number of nitrogens with one attached hydrogen (secondary N) is 1. The molecular weight excluding hydrogens is 438 g/mol. The molecule has 0 radical (unpaired) electrons. The predicted octanol–water partition coefficient (Wildman–Crippen LogP) is 4.72. The third-order valence-electron chi connectivity index (χ3n) is 6.25. The van der Waals surface area contributed by atoms with E-state index in [0.29, 0.717) is 37.8 Å². The zero-order valence-corrected chi connectivity index (χ0v) is 20.1. The average Bonchev–Trinajstić information content (AvgIpc) is 3.09. The number of rotatable bonds is 5. The molecule has 1 aliphatic heterocycles. The Hall–Kier alpha value is -3.84. The van der Waals surface area contributed by atoms with Crippen LogP contribution in [-0.2, 0) is 11.2 Å². The van der Waals surface area contributed by atoms with Gasteiger partial charge in [-0.3, -0.25) is 9.78 Å². The summed E-state index contributed by atoms with van der Waals surface area (Å²) in [5.74, 6) is 0.749. The molecule has 2 aromatic heterocycles. The average molecular weight is 468 g/mol. The number of aromatic nitrogens is 3. The SMILES string of the molecule is Cc1cc(C)nc(Nc2cccc(C(=O)N3CCOCC(Cc4cccc5cnccc45)C3)c2)n1. The number of fused-ring (bicyclic) bond motifs is 1. The monoisotopic (exact) mass is 467 g/mol. The maximum Gasteiger partial charge on any atom is 0.254 e. The summed E-state index contributed by atoms with van der Waals surface area (Å²) in [6, 6.07) is 17.8. The Morgan fingerprint density at radius 3 is 2.77 bits per heavy atom. The lowest BCUT2D eigenvalue weighted by Crippen LogP contribution is -2.36. The van der Waals surface area contributed by atoms with Crippen molar-refractivity contribution in [2.24, 2.45) is 5.92 Å². The van der Waals surface area contributed by atoms with Gasteiger partial charge in [0.1, 0.15) is 0 Å². The minimum Gasteiger partial charge on any atom is -0.379 e. The number of hydrogen-bond donors (Lipinski definition) is 1. The van der Waals surface area contributed by atoms with Crippen molar-refractivity contribution in [2.45, 2.75) is 20.3 Å². The Morgan fingerprint density at radius 2 is 1.91 bits per heavy atom. The van der Waals surface area contributed by atoms with E-state index in [0.717, 1.165) is 28.9 Å². The van der Waals surface area contributed by atoms with Crippen molar-refractivity contribution in [1.82, 2.24) is 19.9 Å². The fourth-order valence-electron chi connectivity index (χ4n) is 4.69. The molecule has 1 fully saturated rings. The molecule has 1 amide bonds. The molecule has 1 unspecified atom stereocenters. The number of benzene rings is 2. The predicted molar refractivity (Wildman–Crippen MR) is 137 cm³/mol. The van der Waals surface area contributed by atoms with Crippen molar-refractivity contribution in [3.63, 3.8) is 0 Å². The van der Waals surface area contributed by atoms with E-state index < -0.39 is 0 Å². The normalized spacial score (nSPS) is 16.2. The fraction of sp³-hybridized carbons (Fsp3) is 0.286. The maximum atomic E-state index is 13.5. The molecule has 1 aliphatic rings. The first-order valence-electron chi connectivity index (χ1n) is 11.9. The lowest BCUT2D eigenvalue weighted by atomic mass is 9.95. The van der Waals surface area contributed by atoms with Crippen LogP contribution in [-0.4, -0.2) is 52.1 Å². The number of pyridine rings is 1. The number of anilines is 2. The molecule has 0 bridgehead atoms. The van der Waals surface area contributed by atoms with Crippen LogP contribution >= 0.6 is 0 Å². The fourth-order valence-corrected chi connectivity index (χ4v) is 4.69. The van der Waals surface area contributed by atoms with Gasteiger partial charge in [-0.05, 0) is 61.5 Å². The van der Waals surface area contributed by atoms with E-state index in [1.807, 2.05) is 61.5 Å². The molecule has 2 aromatic carbocycles. The Morgan fingerprint density at radius 1 is 1.09 bits per heavy atom. The van der Waals surface area contributed by atoms with Crippen LogP contribution in [0, 0.1) is 19.8 Å². The van der Waals surface area contributed by atoms with E-state index in [1.54, 1.807) is 0 Å². The molecule has 7 heteroatoms. The first-order valence-corrected chi connectivity index (χ1v) is 11.9. The zero-order valence-electron chi connectivity index (χ0n) is 20.1. The highest BCUT2D eigenvalue weighted by Gasteiger charge is 2.24. The van der Waals surface area contributed by atoms with Gasteiger partial charge >= 0.3 is 0 Å². The molecule has 35 heavy (non-hydrogen) atoms. The van der Waals surface area contributed by atoms with Crippen molar-refractivity contribution in [3.8, 4) is 0 Å². The third-order valence-corrected chi connectivity index (χ3v) is 6.25. The highest BCUT2D eigenvalue weighted by Crippen LogP contribution is 2.23. The van der Waals surface area contributed by atoms with Crippen molar-refractivity contribution in [1.29, 1.82) is 0 Å². The Labute approximate surface area is 205 Å². The molecule has 1 atom stereocenters. The van der Waals surface area contributed by atoms with Gasteiger partial charge in [-0.2, -0.15) is 0 Å². The van der Waals surface area contributed by atoms with Gasteiger partial charge in [0.2, 0.25) is 5.95 Å². The van der Waals surface area contributed by atoms with Crippen molar-refractivity contribution in [2.75, 3.05) is 31.6 Å². The smallest absolute Gasteiger partial charge is 0.254 e. The summed E-state index contributed by atoms with van der Waals surface area (Å²) in [5.41, 5.74) is 4.46. The van der Waals surface area contributed by atoms with E-state index in [9.17, 15) is 4.79 Å². The van der Waals surface area contributed by atoms with Gasteiger partial charge in [0, 0.05) is 59.4 Å². The molecule has 1 saturated heterocycles. The van der Waals surface area contributed by atoms with E-state index >= 15 is 0 Å². The Balaban J connectivity index is 1.32. The van der Waals surface area contributed by atoms with Crippen molar-refractivity contribution < 1.29 is 9.53 Å². The van der Waals surface area contributed by atoms with Gasteiger partial charge in [-0.15, -0.1) is 0 Å². The summed E-state index contributed by atoms with van der Waals surface area (Å²) in [7, 11) is 0. The zero-order chi connectivity index (χ0) is 24.2. The number of ether oxygens (including phenoxy) is 1. The van der Waals surface area contributed by atoms with Gasteiger partial charge in [0.25, 0.3) is 5.91 Å². The molecule has 178 valence electrons. The number of aryl methyl sites for hydroxylation is 2. The highest BCUT2D eigenvalue weighted by molar-refractivity contribution is 5.95. The molecule has 0 saturated carbocycles. The van der Waals surface area contributed by atoms with Gasteiger partial charge in [0.05, 0.1) is 13.2 Å². The van der Waals surface area contributed by atoms with Crippen LogP contribution in [0.25, 0.3) is 10.8 Å². The maximum absolute atomic E-state index is 13.5. The minimum absolute atomic E-state index is 0.00705. The van der Waals surface area contributed by atoms with Gasteiger partial charge < -0.3 is 15.0 Å². The summed E-state index contributed by atoms with van der Waals surface area (Å²) in [6.07, 6.45) is 4.56. The lowest BCUT2D eigenvalue weighted by molar-refractivity contribution is 0.0737. The number of carbonyl (C=O) groups is 1. The largest absolute Gasteiger partial charge is 0.379 e. The minimum atomic E-state index is 0.00705. The van der Waals surface area contributed by atoms with Crippen LogP contribution in [0.15, 0.2) is 67.0 Å². The third kappa shape index (κ3) is 5.46. The number of amides is 1. The van der Waals surface area contributed by atoms with Crippen LogP contribution in [0.4, 0.5) is 11.6 Å². The Bertz CT molecular complexity index is 1330. The Kier molecular flexibility index (Phi) is 6.68. The summed E-state index contributed by atoms with van der Waals surface area (Å²) in [6.45, 7) is 6.28. The molecule has 4 aromatic rings. The number of hydrogen-bond acceptors (Lipinski definition) is 6. The van der Waals surface area contributed by atoms with Crippen LogP contribution in [0.5, 0.6) is 0 Å².